The second-order valence-corrected chi connectivity index (χ2v) is 6.66. The Morgan fingerprint density at radius 1 is 1.42 bits per heavy atom. The van der Waals surface area contributed by atoms with Crippen LogP contribution in [0.15, 0.2) is 23.4 Å². The lowest BCUT2D eigenvalue weighted by Crippen LogP contribution is -2.27. The van der Waals surface area contributed by atoms with Crippen molar-refractivity contribution in [3.05, 3.63) is 23.1 Å². The minimum atomic E-state index is -0.556. The summed E-state index contributed by atoms with van der Waals surface area (Å²) >= 11 is 0. The normalized spacial score (nSPS) is 17.4. The van der Waals surface area contributed by atoms with Crippen LogP contribution in [0.3, 0.4) is 0 Å². The predicted molar refractivity (Wildman–Crippen MR) is 90.7 cm³/mol. The first-order valence-electron chi connectivity index (χ1n) is 8.05. The van der Waals surface area contributed by atoms with Gasteiger partial charge in [0.1, 0.15) is 17.0 Å². The number of carbonyl (C=O) groups excluding carboxylic acids is 1. The summed E-state index contributed by atoms with van der Waals surface area (Å²) in [6.45, 7) is 6.55. The van der Waals surface area contributed by atoms with Crippen LogP contribution in [0.25, 0.3) is 0 Å². The van der Waals surface area contributed by atoms with E-state index in [9.17, 15) is 9.70 Å². The number of nitrogens with zero attached hydrogens (tertiary/aromatic N) is 1. The van der Waals surface area contributed by atoms with Crippen LogP contribution in [0.5, 0.6) is 5.75 Å². The van der Waals surface area contributed by atoms with Crippen molar-refractivity contribution in [2.24, 2.45) is 5.18 Å². The molecule has 1 atom stereocenters. The molecule has 0 unspecified atom stereocenters. The van der Waals surface area contributed by atoms with Crippen molar-refractivity contribution in [3.63, 3.8) is 0 Å². The summed E-state index contributed by atoms with van der Waals surface area (Å²) in [5.74, 6) is 0.0112. The van der Waals surface area contributed by atoms with E-state index in [-0.39, 0.29) is 18.4 Å². The number of rotatable bonds is 7. The Balaban J connectivity index is 1.94. The highest BCUT2D eigenvalue weighted by molar-refractivity contribution is 5.72. The molecule has 1 saturated heterocycles. The number of ether oxygens (including phenoxy) is 3. The molecule has 0 aromatic heterocycles. The van der Waals surface area contributed by atoms with Crippen molar-refractivity contribution in [1.82, 2.24) is 0 Å². The molecular formula is C17H24N2O5. The molecule has 1 N–H and O–H groups in total. The van der Waals surface area contributed by atoms with Crippen LogP contribution >= 0.6 is 0 Å². The maximum atomic E-state index is 11.7. The van der Waals surface area contributed by atoms with Gasteiger partial charge in [-0.15, -0.1) is 4.91 Å². The van der Waals surface area contributed by atoms with Gasteiger partial charge in [-0.05, 0) is 50.9 Å². The zero-order chi connectivity index (χ0) is 17.6. The molecule has 7 nitrogen and oxygen atoms in total. The van der Waals surface area contributed by atoms with Crippen LogP contribution in [0.2, 0.25) is 0 Å². The number of nitroso groups, excluding NO2 is 1. The molecule has 0 radical (unpaired) electrons. The topological polar surface area (TPSA) is 86.2 Å². The molecule has 1 heterocycles. The van der Waals surface area contributed by atoms with Crippen molar-refractivity contribution >= 4 is 17.3 Å². The average molecular weight is 336 g/mol. The van der Waals surface area contributed by atoms with Crippen molar-refractivity contribution in [2.75, 3.05) is 25.1 Å². The number of carbonyl (C=O) groups is 1. The molecule has 2 rings (SSSR count). The van der Waals surface area contributed by atoms with Gasteiger partial charge in [0, 0.05) is 19.2 Å². The van der Waals surface area contributed by atoms with Gasteiger partial charge in [0.25, 0.3) is 0 Å². The number of benzene rings is 1. The molecule has 24 heavy (non-hydrogen) atoms. The zero-order valence-electron chi connectivity index (χ0n) is 14.3. The minimum Gasteiger partial charge on any atom is -0.482 e. The molecule has 0 amide bonds. The molecule has 1 aliphatic rings. The van der Waals surface area contributed by atoms with Crippen molar-refractivity contribution in [1.29, 1.82) is 0 Å². The summed E-state index contributed by atoms with van der Waals surface area (Å²) in [7, 11) is 0. The molecule has 132 valence electrons. The van der Waals surface area contributed by atoms with E-state index in [1.54, 1.807) is 39.0 Å². The first-order chi connectivity index (χ1) is 11.4. The molecule has 1 fully saturated rings. The third-order valence-corrected chi connectivity index (χ3v) is 3.39. The standard InChI is InChI=1S/C17H24N2O5/c1-17(2,3)24-16(20)11-23-12-6-7-14(19-21)15(9-12)18-10-13-5-4-8-22-13/h6-7,9,13,18H,4-5,8,10-11H2,1-3H3/t13-/m0/s1. The molecule has 1 aliphatic heterocycles. The Hall–Kier alpha value is -2.15. The summed E-state index contributed by atoms with van der Waals surface area (Å²) in [6.07, 6.45) is 2.17. The molecule has 0 saturated carbocycles. The summed E-state index contributed by atoms with van der Waals surface area (Å²) in [4.78, 5) is 22.6. The van der Waals surface area contributed by atoms with E-state index in [2.05, 4.69) is 10.5 Å². The summed E-state index contributed by atoms with van der Waals surface area (Å²) in [5.41, 5.74) is 0.291. The van der Waals surface area contributed by atoms with Crippen LogP contribution in [-0.2, 0) is 14.3 Å². The largest absolute Gasteiger partial charge is 0.482 e. The molecule has 0 aliphatic carbocycles. The third kappa shape index (κ3) is 5.81. The van der Waals surface area contributed by atoms with Crippen molar-refractivity contribution < 1.29 is 19.0 Å². The second kappa shape index (κ2) is 8.10. The summed E-state index contributed by atoms with van der Waals surface area (Å²) in [6, 6.07) is 4.80. The molecule has 0 bridgehead atoms. The van der Waals surface area contributed by atoms with E-state index in [1.165, 1.54) is 0 Å². The van der Waals surface area contributed by atoms with Gasteiger partial charge in [0.2, 0.25) is 0 Å². The highest BCUT2D eigenvalue weighted by Gasteiger charge is 2.18. The fourth-order valence-electron chi connectivity index (χ4n) is 2.37. The van der Waals surface area contributed by atoms with E-state index in [0.717, 1.165) is 19.4 Å². The number of anilines is 1. The lowest BCUT2D eigenvalue weighted by atomic mass is 10.2. The quantitative estimate of drug-likeness (QED) is 0.607. The highest BCUT2D eigenvalue weighted by atomic mass is 16.6. The Kier molecular flexibility index (Phi) is 6.14. The molecule has 1 aromatic carbocycles. The highest BCUT2D eigenvalue weighted by Crippen LogP contribution is 2.30. The SMILES string of the molecule is CC(C)(C)OC(=O)COc1ccc(N=O)c(NC[C@@H]2CCCO2)c1. The van der Waals surface area contributed by atoms with Crippen LogP contribution < -0.4 is 10.1 Å². The number of nitrogens with one attached hydrogen (secondary N) is 1. The van der Waals surface area contributed by atoms with Gasteiger partial charge in [0.05, 0.1) is 11.8 Å². The van der Waals surface area contributed by atoms with Gasteiger partial charge in [0.15, 0.2) is 6.61 Å². The maximum Gasteiger partial charge on any atom is 0.344 e. The maximum absolute atomic E-state index is 11.7. The molecule has 7 heteroatoms. The number of hydrogen-bond acceptors (Lipinski definition) is 7. The Bertz CT molecular complexity index is 577. The number of esters is 1. The zero-order valence-corrected chi connectivity index (χ0v) is 14.3. The van der Waals surface area contributed by atoms with Crippen molar-refractivity contribution in [3.8, 4) is 5.75 Å². The first kappa shape index (κ1) is 18.2. The Labute approximate surface area is 141 Å². The predicted octanol–water partition coefficient (Wildman–Crippen LogP) is 3.40. The summed E-state index contributed by atoms with van der Waals surface area (Å²) in [5, 5.41) is 6.16. The first-order valence-corrected chi connectivity index (χ1v) is 8.05. The lowest BCUT2D eigenvalue weighted by Gasteiger charge is -2.19. The van der Waals surface area contributed by atoms with Gasteiger partial charge >= 0.3 is 5.97 Å². The molecule has 1 aromatic rings. The smallest absolute Gasteiger partial charge is 0.344 e. The Morgan fingerprint density at radius 2 is 2.21 bits per heavy atom. The van der Waals surface area contributed by atoms with E-state index >= 15 is 0 Å². The number of hydrogen-bond donors (Lipinski definition) is 1. The average Bonchev–Trinajstić information content (AvgIpc) is 3.02. The van der Waals surface area contributed by atoms with Crippen LogP contribution in [0.1, 0.15) is 33.6 Å². The summed E-state index contributed by atoms with van der Waals surface area (Å²) < 4.78 is 16.2. The van der Waals surface area contributed by atoms with E-state index in [0.29, 0.717) is 18.0 Å². The minimum absolute atomic E-state index is 0.135. The van der Waals surface area contributed by atoms with E-state index < -0.39 is 11.6 Å². The van der Waals surface area contributed by atoms with Crippen LogP contribution in [0, 0.1) is 4.91 Å². The van der Waals surface area contributed by atoms with E-state index in [1.807, 2.05) is 0 Å². The molecule has 0 spiro atoms. The van der Waals surface area contributed by atoms with Gasteiger partial charge in [-0.25, -0.2) is 4.79 Å². The van der Waals surface area contributed by atoms with Crippen molar-refractivity contribution in [2.45, 2.75) is 45.3 Å². The second-order valence-electron chi connectivity index (χ2n) is 6.66. The van der Waals surface area contributed by atoms with Gasteiger partial charge in [-0.2, -0.15) is 0 Å². The third-order valence-electron chi connectivity index (χ3n) is 3.39. The van der Waals surface area contributed by atoms with E-state index in [4.69, 9.17) is 14.2 Å². The fourth-order valence-corrected chi connectivity index (χ4v) is 2.37. The van der Waals surface area contributed by atoms with Gasteiger partial charge in [-0.1, -0.05) is 0 Å². The van der Waals surface area contributed by atoms with Crippen LogP contribution in [0.4, 0.5) is 11.4 Å². The van der Waals surface area contributed by atoms with Crippen LogP contribution in [-0.4, -0.2) is 37.4 Å². The monoisotopic (exact) mass is 336 g/mol. The van der Waals surface area contributed by atoms with Gasteiger partial charge in [-0.3, -0.25) is 0 Å². The Morgan fingerprint density at radius 3 is 2.83 bits per heavy atom. The van der Waals surface area contributed by atoms with Gasteiger partial charge < -0.3 is 19.5 Å². The molecular weight excluding hydrogens is 312 g/mol. The fraction of sp³-hybridized carbons (Fsp3) is 0.588. The lowest BCUT2D eigenvalue weighted by molar-refractivity contribution is -0.157.